The number of para-hydroxylation sites is 2. The summed E-state index contributed by atoms with van der Waals surface area (Å²) in [6.45, 7) is 10.3. The average Bonchev–Trinajstić information content (AvgIpc) is 3.41. The molecule has 0 spiro atoms. The maximum atomic E-state index is 12.9. The molecule has 7 heteroatoms. The molecule has 0 radical (unpaired) electrons. The molecule has 7 nitrogen and oxygen atoms in total. The second-order valence-corrected chi connectivity index (χ2v) is 9.61. The second kappa shape index (κ2) is 7.07. The number of benzene rings is 1. The molecular formula is C23H28N6O. The summed E-state index contributed by atoms with van der Waals surface area (Å²) in [5.74, 6) is 2.11. The van der Waals surface area contributed by atoms with Gasteiger partial charge in [0, 0.05) is 43.4 Å². The largest absolute Gasteiger partial charge is 0.354 e. The zero-order valence-corrected chi connectivity index (χ0v) is 17.8. The summed E-state index contributed by atoms with van der Waals surface area (Å²) in [6.07, 6.45) is 1.76. The van der Waals surface area contributed by atoms with Crippen LogP contribution in [0.4, 0.5) is 5.82 Å². The molecule has 4 heterocycles. The Morgan fingerprint density at radius 1 is 1.00 bits per heavy atom. The number of imidazole rings is 1. The van der Waals surface area contributed by atoms with Crippen molar-refractivity contribution in [3.8, 4) is 0 Å². The number of amides is 1. The first-order valence-electron chi connectivity index (χ1n) is 10.7. The fourth-order valence-electron chi connectivity index (χ4n) is 4.66. The Balaban J connectivity index is 1.21. The minimum Gasteiger partial charge on any atom is -0.354 e. The molecule has 0 aliphatic carbocycles. The van der Waals surface area contributed by atoms with Crippen LogP contribution in [-0.2, 0) is 16.8 Å². The summed E-state index contributed by atoms with van der Waals surface area (Å²) >= 11 is 0. The molecule has 3 aromatic rings. The van der Waals surface area contributed by atoms with E-state index >= 15 is 0 Å². The van der Waals surface area contributed by atoms with Crippen LogP contribution >= 0.6 is 0 Å². The van der Waals surface area contributed by atoms with Gasteiger partial charge in [0.1, 0.15) is 6.54 Å². The normalized spacial score (nSPS) is 21.4. The zero-order chi connectivity index (χ0) is 20.9. The molecule has 30 heavy (non-hydrogen) atoms. The fraction of sp³-hybridized carbons (Fsp3) is 0.478. The van der Waals surface area contributed by atoms with Gasteiger partial charge in [-0.1, -0.05) is 32.9 Å². The van der Waals surface area contributed by atoms with Crippen molar-refractivity contribution in [2.45, 2.75) is 32.7 Å². The number of anilines is 1. The number of aromatic nitrogens is 4. The summed E-state index contributed by atoms with van der Waals surface area (Å²) in [6, 6.07) is 12.1. The number of hydrogen-bond donors (Lipinski definition) is 0. The lowest BCUT2D eigenvalue weighted by atomic mass is 9.92. The van der Waals surface area contributed by atoms with Crippen molar-refractivity contribution in [3.63, 3.8) is 0 Å². The first kappa shape index (κ1) is 19.0. The molecule has 156 valence electrons. The third-order valence-electron chi connectivity index (χ3n) is 6.41. The molecule has 0 saturated carbocycles. The molecule has 2 aliphatic heterocycles. The first-order chi connectivity index (χ1) is 14.4. The average molecular weight is 405 g/mol. The molecule has 0 N–H and O–H groups in total. The smallest absolute Gasteiger partial charge is 0.242 e. The highest BCUT2D eigenvalue weighted by Gasteiger charge is 2.42. The topological polar surface area (TPSA) is 67.2 Å². The molecule has 2 atom stereocenters. The molecule has 1 amide bonds. The molecule has 1 aromatic carbocycles. The lowest BCUT2D eigenvalue weighted by Crippen LogP contribution is -2.35. The number of carbonyl (C=O) groups excluding carboxylic acids is 1. The highest BCUT2D eigenvalue weighted by Crippen LogP contribution is 2.33. The Labute approximate surface area is 176 Å². The van der Waals surface area contributed by atoms with Gasteiger partial charge in [0.2, 0.25) is 5.91 Å². The first-order valence-corrected chi connectivity index (χ1v) is 10.7. The standard InChI is InChI=1S/C23H28N6O/c1-23(2,3)20-8-9-21(26-25-20)27-10-16-12-28(13-17(16)11-27)22(30)14-29-15-24-18-6-4-5-7-19(18)29/h4-9,15-17H,10-14H2,1-3H3. The van der Waals surface area contributed by atoms with Crippen LogP contribution in [0.2, 0.25) is 0 Å². The van der Waals surface area contributed by atoms with E-state index in [1.165, 1.54) is 0 Å². The fourth-order valence-corrected chi connectivity index (χ4v) is 4.66. The quantitative estimate of drug-likeness (QED) is 0.672. The van der Waals surface area contributed by atoms with E-state index in [4.69, 9.17) is 0 Å². The predicted molar refractivity (Wildman–Crippen MR) is 116 cm³/mol. The lowest BCUT2D eigenvalue weighted by molar-refractivity contribution is -0.131. The second-order valence-electron chi connectivity index (χ2n) is 9.61. The summed E-state index contributed by atoms with van der Waals surface area (Å²) in [7, 11) is 0. The maximum absolute atomic E-state index is 12.9. The van der Waals surface area contributed by atoms with Gasteiger partial charge in [-0.25, -0.2) is 4.98 Å². The van der Waals surface area contributed by atoms with E-state index < -0.39 is 0 Å². The van der Waals surface area contributed by atoms with Gasteiger partial charge in [-0.3, -0.25) is 4.79 Å². The monoisotopic (exact) mass is 404 g/mol. The predicted octanol–water partition coefficient (Wildman–Crippen LogP) is 2.72. The van der Waals surface area contributed by atoms with Crippen molar-refractivity contribution in [1.82, 2.24) is 24.6 Å². The van der Waals surface area contributed by atoms with E-state index in [1.54, 1.807) is 6.33 Å². The third kappa shape index (κ3) is 3.42. The van der Waals surface area contributed by atoms with E-state index in [1.807, 2.05) is 33.7 Å². The van der Waals surface area contributed by atoms with Gasteiger partial charge in [0.05, 0.1) is 23.1 Å². The van der Waals surface area contributed by atoms with Crippen molar-refractivity contribution in [2.24, 2.45) is 11.8 Å². The zero-order valence-electron chi connectivity index (χ0n) is 17.8. The van der Waals surface area contributed by atoms with Gasteiger partial charge in [0.15, 0.2) is 5.82 Å². The highest BCUT2D eigenvalue weighted by molar-refractivity contribution is 5.80. The van der Waals surface area contributed by atoms with Gasteiger partial charge in [-0.2, -0.15) is 5.10 Å². The Bertz CT molecular complexity index is 1050. The van der Waals surface area contributed by atoms with Crippen molar-refractivity contribution in [3.05, 3.63) is 48.4 Å². The summed E-state index contributed by atoms with van der Waals surface area (Å²) in [4.78, 5) is 21.6. The summed E-state index contributed by atoms with van der Waals surface area (Å²) in [5, 5.41) is 8.91. The molecule has 2 unspecified atom stereocenters. The van der Waals surface area contributed by atoms with E-state index in [9.17, 15) is 4.79 Å². The van der Waals surface area contributed by atoms with Crippen LogP contribution in [0.3, 0.4) is 0 Å². The van der Waals surface area contributed by atoms with Crippen molar-refractivity contribution in [2.75, 3.05) is 31.1 Å². The molecule has 2 aromatic heterocycles. The van der Waals surface area contributed by atoms with Crippen LogP contribution < -0.4 is 4.90 Å². The number of likely N-dealkylation sites (tertiary alicyclic amines) is 1. The number of fused-ring (bicyclic) bond motifs is 2. The van der Waals surface area contributed by atoms with Crippen LogP contribution in [0.5, 0.6) is 0 Å². The summed E-state index contributed by atoms with van der Waals surface area (Å²) in [5.41, 5.74) is 2.95. The van der Waals surface area contributed by atoms with Gasteiger partial charge in [-0.15, -0.1) is 5.10 Å². The van der Waals surface area contributed by atoms with Gasteiger partial charge in [0.25, 0.3) is 0 Å². The molecule has 2 aliphatic rings. The molecular weight excluding hydrogens is 376 g/mol. The molecule has 2 saturated heterocycles. The van der Waals surface area contributed by atoms with Crippen LogP contribution in [0.1, 0.15) is 26.5 Å². The minimum absolute atomic E-state index is 0.00841. The van der Waals surface area contributed by atoms with Gasteiger partial charge >= 0.3 is 0 Å². The van der Waals surface area contributed by atoms with E-state index in [-0.39, 0.29) is 11.3 Å². The van der Waals surface area contributed by atoms with Gasteiger partial charge in [-0.05, 0) is 24.3 Å². The lowest BCUT2D eigenvalue weighted by Gasteiger charge is -2.23. The van der Waals surface area contributed by atoms with E-state index in [2.05, 4.69) is 53.0 Å². The van der Waals surface area contributed by atoms with Crippen molar-refractivity contribution >= 4 is 22.8 Å². The Morgan fingerprint density at radius 2 is 1.73 bits per heavy atom. The maximum Gasteiger partial charge on any atom is 0.242 e. The summed E-state index contributed by atoms with van der Waals surface area (Å²) < 4.78 is 1.95. The molecule has 2 fully saturated rings. The number of carbonyl (C=O) groups is 1. The number of hydrogen-bond acceptors (Lipinski definition) is 5. The SMILES string of the molecule is CC(C)(C)c1ccc(N2CC3CN(C(=O)Cn4cnc5ccccc54)CC3C2)nn1. The van der Waals surface area contributed by atoms with Crippen molar-refractivity contribution in [1.29, 1.82) is 0 Å². The van der Waals surface area contributed by atoms with Crippen molar-refractivity contribution < 1.29 is 4.79 Å². The van der Waals surface area contributed by atoms with E-state index in [0.717, 1.165) is 48.7 Å². The Kier molecular flexibility index (Phi) is 4.49. The van der Waals surface area contributed by atoms with E-state index in [0.29, 0.717) is 18.4 Å². The van der Waals surface area contributed by atoms with Crippen LogP contribution in [-0.4, -0.2) is 56.7 Å². The third-order valence-corrected chi connectivity index (χ3v) is 6.41. The van der Waals surface area contributed by atoms with Crippen LogP contribution in [0.25, 0.3) is 11.0 Å². The van der Waals surface area contributed by atoms with Crippen LogP contribution in [0.15, 0.2) is 42.7 Å². The molecule has 5 rings (SSSR count). The molecule has 0 bridgehead atoms. The Morgan fingerprint density at radius 3 is 2.40 bits per heavy atom. The Hall–Kier alpha value is -2.96. The number of nitrogens with zero attached hydrogens (tertiary/aromatic N) is 6. The highest BCUT2D eigenvalue weighted by atomic mass is 16.2. The van der Waals surface area contributed by atoms with Crippen LogP contribution in [0, 0.1) is 11.8 Å². The van der Waals surface area contributed by atoms with Gasteiger partial charge < -0.3 is 14.4 Å². The minimum atomic E-state index is 0.00841. The number of rotatable bonds is 3.